The minimum atomic E-state index is 0.750. The first-order chi connectivity index (χ1) is 7.67. The van der Waals surface area contributed by atoms with Gasteiger partial charge in [0.2, 0.25) is 0 Å². The molecule has 0 aliphatic heterocycles. The number of aryl methyl sites for hydroxylation is 2. The molecule has 0 heterocycles. The van der Waals surface area contributed by atoms with E-state index in [9.17, 15) is 0 Å². The molecule has 1 unspecified atom stereocenters. The molecule has 1 atom stereocenters. The van der Waals surface area contributed by atoms with E-state index in [1.807, 2.05) is 11.8 Å². The first-order valence-electron chi connectivity index (χ1n) is 5.98. The summed E-state index contributed by atoms with van der Waals surface area (Å²) in [6.45, 7) is 6.59. The van der Waals surface area contributed by atoms with Crippen molar-refractivity contribution >= 4 is 24.4 Å². The van der Waals surface area contributed by atoms with Gasteiger partial charge in [-0.25, -0.2) is 0 Å². The molecule has 0 nitrogen and oxygen atoms in total. The molecule has 0 saturated carbocycles. The molecule has 0 radical (unpaired) electrons. The molecule has 90 valence electrons. The van der Waals surface area contributed by atoms with Crippen LogP contribution in [0.1, 0.15) is 30.9 Å². The van der Waals surface area contributed by atoms with Crippen molar-refractivity contribution < 1.29 is 0 Å². The van der Waals surface area contributed by atoms with Gasteiger partial charge in [-0.3, -0.25) is 0 Å². The molecular formula is C14H22S2. The van der Waals surface area contributed by atoms with E-state index in [0.717, 1.165) is 11.7 Å². The van der Waals surface area contributed by atoms with Crippen molar-refractivity contribution in [3.8, 4) is 0 Å². The molecule has 1 aromatic carbocycles. The number of hydrogen-bond donors (Lipinski definition) is 1. The molecule has 0 aliphatic carbocycles. The van der Waals surface area contributed by atoms with Gasteiger partial charge < -0.3 is 0 Å². The molecule has 0 aliphatic rings. The Balaban J connectivity index is 2.50. The third-order valence-corrected chi connectivity index (χ3v) is 4.66. The summed E-state index contributed by atoms with van der Waals surface area (Å²) in [5.41, 5.74) is 2.77. The van der Waals surface area contributed by atoms with E-state index in [4.69, 9.17) is 0 Å². The van der Waals surface area contributed by atoms with Gasteiger partial charge in [0.15, 0.2) is 0 Å². The summed E-state index contributed by atoms with van der Waals surface area (Å²) < 4.78 is 0. The van der Waals surface area contributed by atoms with Crippen LogP contribution in [0.2, 0.25) is 0 Å². The largest absolute Gasteiger partial charge is 0.179 e. The standard InChI is InChI=1S/C14H22S2/c1-4-5-13(9-15)10-16-14-7-6-11(2)12(3)8-14/h6-8,13,15H,4-5,9-10H2,1-3H3. The lowest BCUT2D eigenvalue weighted by atomic mass is 10.1. The molecule has 16 heavy (non-hydrogen) atoms. The summed E-state index contributed by atoms with van der Waals surface area (Å²) in [5, 5.41) is 0. The van der Waals surface area contributed by atoms with Crippen LogP contribution in [0.3, 0.4) is 0 Å². The minimum Gasteiger partial charge on any atom is -0.179 e. The van der Waals surface area contributed by atoms with Gasteiger partial charge in [0.1, 0.15) is 0 Å². The zero-order valence-corrected chi connectivity index (χ0v) is 12.2. The number of benzene rings is 1. The average Bonchev–Trinajstić information content (AvgIpc) is 2.28. The van der Waals surface area contributed by atoms with Crippen LogP contribution >= 0.6 is 24.4 Å². The maximum absolute atomic E-state index is 4.42. The lowest BCUT2D eigenvalue weighted by Gasteiger charge is -2.13. The highest BCUT2D eigenvalue weighted by Gasteiger charge is 2.06. The Hall–Kier alpha value is -0.0800. The van der Waals surface area contributed by atoms with Crippen molar-refractivity contribution in [2.45, 2.75) is 38.5 Å². The summed E-state index contributed by atoms with van der Waals surface area (Å²) in [5.74, 6) is 2.95. The summed E-state index contributed by atoms with van der Waals surface area (Å²) in [6, 6.07) is 6.74. The highest BCUT2D eigenvalue weighted by molar-refractivity contribution is 7.99. The molecule has 0 fully saturated rings. The van der Waals surface area contributed by atoms with Crippen LogP contribution in [0, 0.1) is 19.8 Å². The Bertz CT molecular complexity index is 321. The van der Waals surface area contributed by atoms with Crippen LogP contribution in [-0.4, -0.2) is 11.5 Å². The van der Waals surface area contributed by atoms with E-state index in [1.54, 1.807) is 0 Å². The maximum atomic E-state index is 4.42. The predicted octanol–water partition coefficient (Wildman–Crippen LogP) is 4.74. The SMILES string of the molecule is CCCC(CS)CSc1ccc(C)c(C)c1. The second-order valence-electron chi connectivity index (χ2n) is 4.39. The van der Waals surface area contributed by atoms with E-state index >= 15 is 0 Å². The van der Waals surface area contributed by atoms with Crippen LogP contribution in [0.4, 0.5) is 0 Å². The Labute approximate surface area is 110 Å². The van der Waals surface area contributed by atoms with Gasteiger partial charge in [0.25, 0.3) is 0 Å². The Kier molecular flexibility index (Phi) is 6.37. The number of thioether (sulfide) groups is 1. The highest BCUT2D eigenvalue weighted by Crippen LogP contribution is 2.25. The molecular weight excluding hydrogens is 232 g/mol. The zero-order valence-electron chi connectivity index (χ0n) is 10.5. The van der Waals surface area contributed by atoms with Gasteiger partial charge >= 0.3 is 0 Å². The van der Waals surface area contributed by atoms with Crippen LogP contribution in [0.5, 0.6) is 0 Å². The third-order valence-electron chi connectivity index (χ3n) is 2.92. The predicted molar refractivity (Wildman–Crippen MR) is 78.9 cm³/mol. The molecule has 2 heteroatoms. The van der Waals surface area contributed by atoms with Gasteiger partial charge in [-0.1, -0.05) is 19.4 Å². The van der Waals surface area contributed by atoms with Gasteiger partial charge in [-0.2, -0.15) is 12.6 Å². The van der Waals surface area contributed by atoms with Gasteiger partial charge in [-0.15, -0.1) is 11.8 Å². The molecule has 1 aromatic rings. The fraction of sp³-hybridized carbons (Fsp3) is 0.571. The third kappa shape index (κ3) is 4.42. The smallest absolute Gasteiger partial charge is 0.00748 e. The summed E-state index contributed by atoms with van der Waals surface area (Å²) >= 11 is 6.39. The van der Waals surface area contributed by atoms with Gasteiger partial charge in [-0.05, 0) is 55.2 Å². The number of rotatable bonds is 6. The second-order valence-corrected chi connectivity index (χ2v) is 5.85. The summed E-state index contributed by atoms with van der Waals surface area (Å²) in [4.78, 5) is 1.39. The Morgan fingerprint density at radius 3 is 2.56 bits per heavy atom. The topological polar surface area (TPSA) is 0 Å². The molecule has 0 spiro atoms. The van der Waals surface area contributed by atoms with E-state index in [1.165, 1.54) is 34.6 Å². The van der Waals surface area contributed by atoms with Crippen molar-refractivity contribution in [3.63, 3.8) is 0 Å². The van der Waals surface area contributed by atoms with Gasteiger partial charge in [0.05, 0.1) is 0 Å². The first-order valence-corrected chi connectivity index (χ1v) is 7.60. The Morgan fingerprint density at radius 2 is 2.00 bits per heavy atom. The summed E-state index contributed by atoms with van der Waals surface area (Å²) in [6.07, 6.45) is 2.56. The van der Waals surface area contributed by atoms with E-state index < -0.39 is 0 Å². The quantitative estimate of drug-likeness (QED) is 0.565. The highest BCUT2D eigenvalue weighted by atomic mass is 32.2. The van der Waals surface area contributed by atoms with Crippen molar-refractivity contribution in [3.05, 3.63) is 29.3 Å². The lowest BCUT2D eigenvalue weighted by molar-refractivity contribution is 0.595. The fourth-order valence-corrected chi connectivity index (χ4v) is 3.28. The molecule has 1 rings (SSSR count). The first kappa shape index (κ1) is 14.0. The Morgan fingerprint density at radius 1 is 1.25 bits per heavy atom. The maximum Gasteiger partial charge on any atom is 0.00748 e. The normalized spacial score (nSPS) is 12.8. The van der Waals surface area contributed by atoms with Crippen molar-refractivity contribution in [2.24, 2.45) is 5.92 Å². The average molecular weight is 254 g/mol. The number of hydrogen-bond acceptors (Lipinski definition) is 2. The van der Waals surface area contributed by atoms with Gasteiger partial charge in [0, 0.05) is 10.6 Å². The number of thiol groups is 1. The van der Waals surface area contributed by atoms with Crippen LogP contribution in [0.25, 0.3) is 0 Å². The monoisotopic (exact) mass is 254 g/mol. The molecule has 0 aromatic heterocycles. The van der Waals surface area contributed by atoms with E-state index in [0.29, 0.717) is 0 Å². The second kappa shape index (κ2) is 7.29. The van der Waals surface area contributed by atoms with E-state index in [2.05, 4.69) is 51.6 Å². The van der Waals surface area contributed by atoms with Crippen molar-refractivity contribution in [2.75, 3.05) is 11.5 Å². The fourth-order valence-electron chi connectivity index (χ4n) is 1.65. The minimum absolute atomic E-state index is 0.750. The van der Waals surface area contributed by atoms with Crippen molar-refractivity contribution in [1.29, 1.82) is 0 Å². The summed E-state index contributed by atoms with van der Waals surface area (Å²) in [7, 11) is 0. The molecule has 0 N–H and O–H groups in total. The van der Waals surface area contributed by atoms with Crippen LogP contribution in [-0.2, 0) is 0 Å². The lowest BCUT2D eigenvalue weighted by Crippen LogP contribution is -2.05. The van der Waals surface area contributed by atoms with E-state index in [-0.39, 0.29) is 0 Å². The van der Waals surface area contributed by atoms with Crippen LogP contribution < -0.4 is 0 Å². The molecule has 0 bridgehead atoms. The van der Waals surface area contributed by atoms with Crippen LogP contribution in [0.15, 0.2) is 23.1 Å². The van der Waals surface area contributed by atoms with Crippen molar-refractivity contribution in [1.82, 2.24) is 0 Å². The molecule has 0 amide bonds. The zero-order chi connectivity index (χ0) is 12.0. The molecule has 0 saturated heterocycles.